The van der Waals surface area contributed by atoms with Crippen molar-refractivity contribution < 1.29 is 28.2 Å². The molecule has 1 heterocycles. The maximum absolute atomic E-state index is 12.3. The first-order valence-electron chi connectivity index (χ1n) is 8.28. The van der Waals surface area contributed by atoms with Gasteiger partial charge in [0.05, 0.1) is 10.8 Å². The molecule has 1 atom stereocenters. The van der Waals surface area contributed by atoms with Crippen LogP contribution in [0, 0.1) is 5.92 Å². The summed E-state index contributed by atoms with van der Waals surface area (Å²) in [5, 5.41) is 18.4. The van der Waals surface area contributed by atoms with Gasteiger partial charge in [-0.25, -0.2) is 17.9 Å². The maximum atomic E-state index is 12.3. The van der Waals surface area contributed by atoms with Crippen molar-refractivity contribution in [3.8, 4) is 5.75 Å². The molecule has 2 rings (SSSR count). The summed E-state index contributed by atoms with van der Waals surface area (Å²) in [6.45, 7) is 2.23. The number of carbonyl (C=O) groups is 2. The van der Waals surface area contributed by atoms with E-state index in [4.69, 9.17) is 10.8 Å². The van der Waals surface area contributed by atoms with E-state index in [1.54, 1.807) is 0 Å². The van der Waals surface area contributed by atoms with Gasteiger partial charge in [-0.3, -0.25) is 4.79 Å². The topological polar surface area (TPSA) is 150 Å². The number of carboxylic acids is 1. The summed E-state index contributed by atoms with van der Waals surface area (Å²) >= 11 is 0. The van der Waals surface area contributed by atoms with Gasteiger partial charge >= 0.3 is 5.97 Å². The number of sulfonamides is 1. The summed E-state index contributed by atoms with van der Waals surface area (Å²) in [5.74, 6) is -2.37. The molecular weight excluding hydrogens is 362 g/mol. The van der Waals surface area contributed by atoms with Gasteiger partial charge in [0.15, 0.2) is 0 Å². The molecule has 144 valence electrons. The number of phenols is 1. The molecule has 9 nitrogen and oxygen atoms in total. The molecule has 0 aromatic heterocycles. The van der Waals surface area contributed by atoms with Crippen molar-refractivity contribution in [2.75, 3.05) is 26.2 Å². The van der Waals surface area contributed by atoms with Crippen LogP contribution in [0.5, 0.6) is 5.75 Å². The Morgan fingerprint density at radius 2 is 2.08 bits per heavy atom. The number of rotatable bonds is 8. The Kier molecular flexibility index (Phi) is 6.57. The molecule has 1 aromatic rings. The number of hydrogen-bond donors (Lipinski definition) is 4. The quantitative estimate of drug-likeness (QED) is 0.458. The van der Waals surface area contributed by atoms with Crippen molar-refractivity contribution in [3.05, 3.63) is 23.8 Å². The minimum atomic E-state index is -3.88. The number of piperidine rings is 1. The lowest BCUT2D eigenvalue weighted by Gasteiger charge is -2.31. The minimum Gasteiger partial charge on any atom is -0.507 e. The van der Waals surface area contributed by atoms with Gasteiger partial charge in [-0.1, -0.05) is 0 Å². The molecule has 0 saturated carbocycles. The molecule has 0 radical (unpaired) electrons. The molecule has 1 aliphatic rings. The van der Waals surface area contributed by atoms with E-state index in [1.165, 1.54) is 0 Å². The molecule has 1 fully saturated rings. The highest BCUT2D eigenvalue weighted by Crippen LogP contribution is 2.21. The van der Waals surface area contributed by atoms with E-state index < -0.39 is 27.3 Å². The number of aromatic hydroxyl groups is 1. The molecule has 26 heavy (non-hydrogen) atoms. The average Bonchev–Trinajstić information content (AvgIpc) is 2.59. The molecule has 1 aliphatic heterocycles. The van der Waals surface area contributed by atoms with Gasteiger partial charge in [-0.2, -0.15) is 0 Å². The lowest BCUT2D eigenvalue weighted by Crippen LogP contribution is -2.42. The molecular formula is C16H23N3O6S. The van der Waals surface area contributed by atoms with Crippen LogP contribution in [0.25, 0.3) is 0 Å². The van der Waals surface area contributed by atoms with Crippen molar-refractivity contribution >= 4 is 21.9 Å². The second kappa shape index (κ2) is 8.47. The van der Waals surface area contributed by atoms with Crippen molar-refractivity contribution in [1.82, 2.24) is 9.62 Å². The van der Waals surface area contributed by atoms with Gasteiger partial charge in [0.2, 0.25) is 15.9 Å². The van der Waals surface area contributed by atoms with Crippen LogP contribution in [0.1, 0.15) is 29.6 Å². The summed E-state index contributed by atoms with van der Waals surface area (Å²) in [7, 11) is -3.88. The average molecular weight is 385 g/mol. The first-order valence-corrected chi connectivity index (χ1v) is 9.76. The molecule has 0 aliphatic carbocycles. The van der Waals surface area contributed by atoms with Gasteiger partial charge in [-0.05, 0) is 50.6 Å². The third kappa shape index (κ3) is 5.16. The molecule has 1 aromatic carbocycles. The molecule has 1 saturated heterocycles. The molecule has 0 spiro atoms. The monoisotopic (exact) mass is 385 g/mol. The number of primary amides is 1. The van der Waals surface area contributed by atoms with Gasteiger partial charge in [0.25, 0.3) is 0 Å². The van der Waals surface area contributed by atoms with Gasteiger partial charge < -0.3 is 20.8 Å². The predicted molar refractivity (Wildman–Crippen MR) is 93.2 cm³/mol. The number of likely N-dealkylation sites (tertiary alicyclic amines) is 1. The van der Waals surface area contributed by atoms with Crippen LogP contribution in [0.15, 0.2) is 23.1 Å². The highest BCUT2D eigenvalue weighted by molar-refractivity contribution is 7.89. The number of nitrogens with one attached hydrogen (secondary N) is 1. The second-order valence-corrected chi connectivity index (χ2v) is 8.04. The summed E-state index contributed by atoms with van der Waals surface area (Å²) in [5.41, 5.74) is 4.86. The predicted octanol–water partition coefficient (Wildman–Crippen LogP) is -0.0439. The number of amides is 1. The number of carboxylic acid groups (broad SMARTS) is 1. The lowest BCUT2D eigenvalue weighted by molar-refractivity contribution is -0.123. The first kappa shape index (κ1) is 20.1. The molecule has 10 heteroatoms. The third-order valence-electron chi connectivity index (χ3n) is 4.36. The zero-order valence-corrected chi connectivity index (χ0v) is 15.0. The van der Waals surface area contributed by atoms with E-state index in [9.17, 15) is 23.1 Å². The number of nitrogens with two attached hydrogens (primary N) is 1. The van der Waals surface area contributed by atoms with Crippen LogP contribution in [-0.2, 0) is 14.8 Å². The van der Waals surface area contributed by atoms with E-state index in [0.717, 1.165) is 37.6 Å². The van der Waals surface area contributed by atoms with E-state index in [1.807, 2.05) is 0 Å². The van der Waals surface area contributed by atoms with Crippen LogP contribution in [-0.4, -0.2) is 61.6 Å². The molecule has 5 N–H and O–H groups in total. The SMILES string of the molecule is NC(=O)C1CCCN(CCCNS(=O)(=O)c2ccc(O)c(C(=O)O)c2)C1. The Labute approximate surface area is 151 Å². The van der Waals surface area contributed by atoms with Crippen molar-refractivity contribution in [1.29, 1.82) is 0 Å². The lowest BCUT2D eigenvalue weighted by atomic mass is 9.97. The summed E-state index contributed by atoms with van der Waals surface area (Å²) in [4.78, 5) is 24.1. The van der Waals surface area contributed by atoms with Crippen molar-refractivity contribution in [3.63, 3.8) is 0 Å². The van der Waals surface area contributed by atoms with Gasteiger partial charge in [0, 0.05) is 13.1 Å². The fourth-order valence-electron chi connectivity index (χ4n) is 2.94. The fraction of sp³-hybridized carbons (Fsp3) is 0.500. The minimum absolute atomic E-state index is 0.160. The highest BCUT2D eigenvalue weighted by atomic mass is 32.2. The van der Waals surface area contributed by atoms with Crippen LogP contribution < -0.4 is 10.5 Å². The first-order chi connectivity index (χ1) is 12.2. The van der Waals surface area contributed by atoms with E-state index >= 15 is 0 Å². The van der Waals surface area contributed by atoms with E-state index in [0.29, 0.717) is 19.5 Å². The van der Waals surface area contributed by atoms with Crippen molar-refractivity contribution in [2.24, 2.45) is 11.7 Å². The molecule has 0 bridgehead atoms. The number of hydrogen-bond acceptors (Lipinski definition) is 6. The van der Waals surface area contributed by atoms with Crippen LogP contribution in [0.2, 0.25) is 0 Å². The van der Waals surface area contributed by atoms with E-state index in [-0.39, 0.29) is 23.3 Å². The Morgan fingerprint density at radius 1 is 1.35 bits per heavy atom. The smallest absolute Gasteiger partial charge is 0.339 e. The largest absolute Gasteiger partial charge is 0.507 e. The highest BCUT2D eigenvalue weighted by Gasteiger charge is 2.24. The Morgan fingerprint density at radius 3 is 2.73 bits per heavy atom. The van der Waals surface area contributed by atoms with Crippen LogP contribution >= 0.6 is 0 Å². The Bertz CT molecular complexity index is 780. The number of carbonyl (C=O) groups excluding carboxylic acids is 1. The maximum Gasteiger partial charge on any atom is 0.339 e. The van der Waals surface area contributed by atoms with Crippen LogP contribution in [0.4, 0.5) is 0 Å². The van der Waals surface area contributed by atoms with Gasteiger partial charge in [-0.15, -0.1) is 0 Å². The standard InChI is InChI=1S/C16H23N3O6S/c17-15(21)11-3-1-7-19(10-11)8-2-6-18-26(24,25)12-4-5-14(20)13(9-12)16(22)23/h4-5,9,11,18,20H,1-3,6-8,10H2,(H2,17,21)(H,22,23). The summed E-state index contributed by atoms with van der Waals surface area (Å²) in [6, 6.07) is 3.10. The van der Waals surface area contributed by atoms with Gasteiger partial charge in [0.1, 0.15) is 11.3 Å². The second-order valence-electron chi connectivity index (χ2n) is 6.28. The molecule has 1 amide bonds. The summed E-state index contributed by atoms with van der Waals surface area (Å²) < 4.78 is 26.9. The third-order valence-corrected chi connectivity index (χ3v) is 5.82. The zero-order chi connectivity index (χ0) is 19.3. The zero-order valence-electron chi connectivity index (χ0n) is 14.2. The fourth-order valence-corrected chi connectivity index (χ4v) is 4.04. The normalized spacial score (nSPS) is 18.5. The van der Waals surface area contributed by atoms with Crippen molar-refractivity contribution in [2.45, 2.75) is 24.2 Å². The van der Waals surface area contributed by atoms with Crippen LogP contribution in [0.3, 0.4) is 0 Å². The number of benzene rings is 1. The Hall–Kier alpha value is -2.17. The molecule has 1 unspecified atom stereocenters. The number of nitrogens with zero attached hydrogens (tertiary/aromatic N) is 1. The summed E-state index contributed by atoms with van der Waals surface area (Å²) in [6.07, 6.45) is 2.20. The van der Waals surface area contributed by atoms with E-state index in [2.05, 4.69) is 9.62 Å². The number of aromatic carboxylic acids is 1. The Balaban J connectivity index is 1.88.